The average molecular weight is 1120 g/mol. The number of guanidine groups is 1. The molecular formula is C51H81N13O13S. The van der Waals surface area contributed by atoms with Crippen LogP contribution in [0.15, 0.2) is 59.6 Å². The van der Waals surface area contributed by atoms with Crippen molar-refractivity contribution in [1.82, 2.24) is 42.5 Å². The largest absolute Gasteiger partial charge is 0.508 e. The average Bonchev–Trinajstić information content (AvgIpc) is 3.39. The number of nitrogens with two attached hydrogens (primary N) is 4. The van der Waals surface area contributed by atoms with Crippen molar-refractivity contribution in [1.29, 1.82) is 0 Å². The molecule has 0 unspecified atom stereocenters. The van der Waals surface area contributed by atoms with Crippen LogP contribution in [0.3, 0.4) is 0 Å². The van der Waals surface area contributed by atoms with Gasteiger partial charge in [-0.2, -0.15) is 11.8 Å². The normalized spacial score (nSPS) is 14.6. The molecule has 0 aliphatic heterocycles. The van der Waals surface area contributed by atoms with E-state index in [-0.39, 0.29) is 50.4 Å². The maximum absolute atomic E-state index is 14.4. The van der Waals surface area contributed by atoms with Crippen molar-refractivity contribution in [3.8, 4) is 5.75 Å². The van der Waals surface area contributed by atoms with Crippen LogP contribution < -0.4 is 65.5 Å². The van der Waals surface area contributed by atoms with Gasteiger partial charge in [-0.05, 0) is 85.8 Å². The van der Waals surface area contributed by atoms with E-state index in [1.807, 2.05) is 6.26 Å². The number of thioether (sulfide) groups is 1. The van der Waals surface area contributed by atoms with E-state index in [2.05, 4.69) is 47.5 Å². The van der Waals surface area contributed by atoms with Crippen LogP contribution in [0.4, 0.5) is 0 Å². The maximum Gasteiger partial charge on any atom is 0.326 e. The number of carboxylic acids is 1. The van der Waals surface area contributed by atoms with Gasteiger partial charge < -0.3 is 85.9 Å². The Hall–Kier alpha value is -7.07. The molecule has 9 atom stereocenters. The number of rotatable bonds is 36. The zero-order valence-corrected chi connectivity index (χ0v) is 45.7. The van der Waals surface area contributed by atoms with Gasteiger partial charge in [0.1, 0.15) is 54.1 Å². The number of carbonyl (C=O) groups is 9. The number of nitrogens with one attached hydrogen (secondary N) is 8. The molecule has 8 amide bonds. The molecule has 0 radical (unpaired) electrons. The molecule has 2 aromatic carbocycles. The summed E-state index contributed by atoms with van der Waals surface area (Å²) in [6, 6.07) is 1.35. The highest BCUT2D eigenvalue weighted by Crippen LogP contribution is 2.14. The van der Waals surface area contributed by atoms with Crippen LogP contribution in [0.1, 0.15) is 77.3 Å². The summed E-state index contributed by atoms with van der Waals surface area (Å²) in [5.41, 5.74) is 23.7. The lowest BCUT2D eigenvalue weighted by Gasteiger charge is -2.29. The summed E-state index contributed by atoms with van der Waals surface area (Å²) in [4.78, 5) is 126. The van der Waals surface area contributed by atoms with Crippen LogP contribution in [-0.2, 0) is 56.0 Å². The van der Waals surface area contributed by atoms with Crippen LogP contribution in [0.25, 0.3) is 0 Å². The van der Waals surface area contributed by atoms with Gasteiger partial charge in [-0.25, -0.2) is 4.79 Å². The zero-order chi connectivity index (χ0) is 58.5. The summed E-state index contributed by atoms with van der Waals surface area (Å²) in [7, 11) is 0. The molecule has 0 heterocycles. The highest BCUT2D eigenvalue weighted by Gasteiger charge is 2.36. The minimum absolute atomic E-state index is 0.0294. The Balaban J connectivity index is 2.48. The molecule has 0 aliphatic rings. The molecule has 0 aromatic heterocycles. The number of benzene rings is 2. The van der Waals surface area contributed by atoms with Crippen molar-refractivity contribution in [2.24, 2.45) is 39.8 Å². The van der Waals surface area contributed by atoms with Gasteiger partial charge >= 0.3 is 5.97 Å². The van der Waals surface area contributed by atoms with Crippen molar-refractivity contribution in [3.05, 3.63) is 65.7 Å². The van der Waals surface area contributed by atoms with Crippen LogP contribution in [-0.4, -0.2) is 172 Å². The topological polar surface area (TPSA) is 447 Å². The molecule has 0 spiro atoms. The van der Waals surface area contributed by atoms with E-state index in [0.717, 1.165) is 0 Å². The second kappa shape index (κ2) is 35.4. The summed E-state index contributed by atoms with van der Waals surface area (Å²) in [6.07, 6.45) is 3.20. The van der Waals surface area contributed by atoms with E-state index < -0.39 is 133 Å². The van der Waals surface area contributed by atoms with Gasteiger partial charge in [0.2, 0.25) is 47.3 Å². The molecule has 2 aromatic rings. The highest BCUT2D eigenvalue weighted by atomic mass is 32.2. The third-order valence-electron chi connectivity index (χ3n) is 12.2. The summed E-state index contributed by atoms with van der Waals surface area (Å²) in [6.45, 7) is 4.83. The van der Waals surface area contributed by atoms with Gasteiger partial charge in [0.25, 0.3) is 0 Å². The molecule has 434 valence electrons. The molecule has 27 heteroatoms. The second-order valence-electron chi connectivity index (χ2n) is 19.2. The van der Waals surface area contributed by atoms with E-state index >= 15 is 0 Å². The van der Waals surface area contributed by atoms with Crippen LogP contribution in [0, 0.1) is 11.8 Å². The first-order chi connectivity index (χ1) is 37.0. The van der Waals surface area contributed by atoms with Crippen molar-refractivity contribution in [2.45, 2.75) is 133 Å². The van der Waals surface area contributed by atoms with E-state index in [1.165, 1.54) is 49.9 Å². The van der Waals surface area contributed by atoms with E-state index in [0.29, 0.717) is 42.7 Å². The minimum Gasteiger partial charge on any atom is -0.508 e. The molecule has 0 saturated carbocycles. The number of aliphatic hydroxyl groups excluding tert-OH is 2. The van der Waals surface area contributed by atoms with Crippen molar-refractivity contribution in [3.63, 3.8) is 0 Å². The summed E-state index contributed by atoms with van der Waals surface area (Å²) >= 11 is 1.44. The summed E-state index contributed by atoms with van der Waals surface area (Å²) < 4.78 is 0. The van der Waals surface area contributed by atoms with Crippen molar-refractivity contribution >= 4 is 70.9 Å². The Kier molecular flexibility index (Phi) is 30.4. The number of nitrogens with zero attached hydrogens (tertiary/aromatic N) is 1. The SMILES string of the molecule is CSCC[C@H](NC(=O)[C@@H](N)CCCCN)C(=O)N[C@H](C(=O)N[C@@H](CCCN=C(N)N)C(=O)N[C@@H](Cc1ccccc1)C(=O)N[C@@H](CO)C(=O)N[C@@H](Cc1ccc(O)cc1)C(=O)N[C@@H](CO)C(=O)N[C@H](C(=O)O)C(C)C)C(C)C. The molecular weight excluding hydrogens is 1030 g/mol. The number of aliphatic imine (C=N–C) groups is 1. The first-order valence-electron chi connectivity index (χ1n) is 25.7. The van der Waals surface area contributed by atoms with Crippen LogP contribution >= 0.6 is 11.8 Å². The molecule has 78 heavy (non-hydrogen) atoms. The molecule has 26 nitrogen and oxygen atoms in total. The third-order valence-corrected chi connectivity index (χ3v) is 12.8. The zero-order valence-electron chi connectivity index (χ0n) is 44.9. The fourth-order valence-electron chi connectivity index (χ4n) is 7.63. The molecule has 0 aliphatic carbocycles. The Morgan fingerprint density at radius 2 is 0.974 bits per heavy atom. The molecule has 20 N–H and O–H groups in total. The van der Waals surface area contributed by atoms with Crippen molar-refractivity contribution in [2.75, 3.05) is 38.3 Å². The summed E-state index contributed by atoms with van der Waals surface area (Å²) in [5, 5.41) is 60.2. The predicted octanol–water partition coefficient (Wildman–Crippen LogP) is -3.30. The van der Waals surface area contributed by atoms with Gasteiger partial charge in [-0.3, -0.25) is 43.3 Å². The second-order valence-corrected chi connectivity index (χ2v) is 20.2. The number of carboxylic acid groups (broad SMARTS) is 1. The number of hydrogen-bond acceptors (Lipinski definition) is 16. The quantitative estimate of drug-likeness (QED) is 0.0181. The molecule has 2 rings (SSSR count). The van der Waals surface area contributed by atoms with Crippen LogP contribution in [0.5, 0.6) is 5.75 Å². The van der Waals surface area contributed by atoms with E-state index in [9.17, 15) is 63.6 Å². The summed E-state index contributed by atoms with van der Waals surface area (Å²) in [5.74, 6) is -9.45. The number of amides is 8. The van der Waals surface area contributed by atoms with E-state index in [4.69, 9.17) is 22.9 Å². The Bertz CT molecular complexity index is 2290. The smallest absolute Gasteiger partial charge is 0.326 e. The molecule has 0 fully saturated rings. The van der Waals surface area contributed by atoms with Gasteiger partial charge in [0.05, 0.1) is 19.3 Å². The fourth-order valence-corrected chi connectivity index (χ4v) is 8.10. The standard InChI is InChI=1S/C51H81N13O13S/c1-28(2)40(63-44(70)35(20-23-78-5)57-42(68)33(53)14-9-10-21-52)49(75)58-34(15-11-22-56-51(54)55)43(69)59-36(24-30-12-7-6-8-13-30)45(71)61-38(26-65)47(73)60-37(25-31-16-18-32(67)19-17-31)46(72)62-39(27-66)48(74)64-41(29(3)4)50(76)77/h6-8,12-13,16-19,28-29,33-41,65-67H,9-11,14-15,20-27,52-53H2,1-5H3,(H,57,68)(H,58,75)(H,59,69)(H,60,73)(H,61,71)(H,62,72)(H,63,70)(H,64,74)(H,76,77)(H4,54,55,56)/t33-,34-,35-,36-,37-,38-,39-,40-,41-/m0/s1. The van der Waals surface area contributed by atoms with Crippen LogP contribution in [0.2, 0.25) is 0 Å². The molecule has 0 bridgehead atoms. The molecule has 0 saturated heterocycles. The van der Waals surface area contributed by atoms with Gasteiger partial charge in [0.15, 0.2) is 5.96 Å². The number of unbranched alkanes of at least 4 members (excludes halogenated alkanes) is 1. The highest BCUT2D eigenvalue weighted by molar-refractivity contribution is 7.98. The number of aliphatic hydroxyl groups is 2. The van der Waals surface area contributed by atoms with Crippen molar-refractivity contribution < 1.29 is 63.6 Å². The number of phenolic OH excluding ortho intramolecular Hbond substituents is 1. The maximum atomic E-state index is 14.4. The number of aromatic hydroxyl groups is 1. The first kappa shape index (κ1) is 67.0. The number of aliphatic carboxylic acids is 1. The van der Waals surface area contributed by atoms with Gasteiger partial charge in [-0.15, -0.1) is 0 Å². The Morgan fingerprint density at radius 1 is 0.538 bits per heavy atom. The minimum atomic E-state index is -1.79. The fraction of sp³-hybridized carbons (Fsp3) is 0.569. The van der Waals surface area contributed by atoms with Gasteiger partial charge in [-0.1, -0.05) is 76.6 Å². The lowest BCUT2D eigenvalue weighted by molar-refractivity contribution is -0.144. The number of carbonyl (C=O) groups excluding carboxylic acids is 8. The van der Waals surface area contributed by atoms with E-state index in [1.54, 1.807) is 44.2 Å². The number of hydrogen-bond donors (Lipinski definition) is 16. The first-order valence-corrected chi connectivity index (χ1v) is 27.0. The Labute approximate surface area is 458 Å². The lowest BCUT2D eigenvalue weighted by Crippen LogP contribution is -2.62. The monoisotopic (exact) mass is 1120 g/mol. The predicted molar refractivity (Wildman–Crippen MR) is 293 cm³/mol. The number of phenols is 1. The lowest BCUT2D eigenvalue weighted by atomic mass is 10.0. The third kappa shape index (κ3) is 24.1. The van der Waals surface area contributed by atoms with Gasteiger partial charge in [0, 0.05) is 19.4 Å². The Morgan fingerprint density at radius 3 is 1.46 bits per heavy atom.